The Morgan fingerprint density at radius 3 is 2.26 bits per heavy atom. The van der Waals surface area contributed by atoms with Crippen LogP contribution in [0.3, 0.4) is 0 Å². The fraction of sp³-hybridized carbons (Fsp3) is 0.300. The molecule has 0 radical (unpaired) electrons. The van der Waals surface area contributed by atoms with Crippen LogP contribution in [0.1, 0.15) is 32.0 Å². The number of carboxylic acids is 1. The maximum atomic E-state index is 12.5. The quantitative estimate of drug-likeness (QED) is 0.887. The van der Waals surface area contributed by atoms with Gasteiger partial charge in [0.25, 0.3) is 5.91 Å². The maximum Gasteiger partial charge on any atom is 0.354 e. The van der Waals surface area contributed by atoms with Crippen LogP contribution in [0.5, 0.6) is 0 Å². The average molecular weight is 367 g/mol. The summed E-state index contributed by atoms with van der Waals surface area (Å²) in [6.45, 7) is 3.84. The number of carbonyl (C=O) groups is 3. The van der Waals surface area contributed by atoms with E-state index in [2.05, 4.69) is 4.98 Å². The summed E-state index contributed by atoms with van der Waals surface area (Å²) in [5.74, 6) is -1.27. The molecule has 1 aliphatic rings. The third kappa shape index (κ3) is 4.31. The molecule has 7 heteroatoms. The molecule has 1 saturated heterocycles. The molecule has 0 saturated carbocycles. The molecule has 27 heavy (non-hydrogen) atoms. The molecular formula is C20H21N3O4. The molecule has 2 amide bonds. The maximum absolute atomic E-state index is 12.5. The number of hydrogen-bond acceptors (Lipinski definition) is 4. The lowest BCUT2D eigenvalue weighted by atomic mass is 10.1. The van der Waals surface area contributed by atoms with Crippen molar-refractivity contribution in [3.63, 3.8) is 0 Å². The lowest BCUT2D eigenvalue weighted by Crippen LogP contribution is -2.51. The van der Waals surface area contributed by atoms with E-state index in [0.717, 1.165) is 11.1 Å². The van der Waals surface area contributed by atoms with Gasteiger partial charge in [0, 0.05) is 32.4 Å². The fourth-order valence-corrected chi connectivity index (χ4v) is 3.07. The number of aromatic carboxylic acids is 1. The number of aryl methyl sites for hydroxylation is 1. The minimum atomic E-state index is -1.13. The van der Waals surface area contributed by atoms with Gasteiger partial charge in [-0.25, -0.2) is 9.78 Å². The Bertz CT molecular complexity index is 856. The van der Waals surface area contributed by atoms with E-state index in [4.69, 9.17) is 5.11 Å². The first-order valence-electron chi connectivity index (χ1n) is 8.76. The smallest absolute Gasteiger partial charge is 0.354 e. The molecule has 0 spiro atoms. The molecule has 1 fully saturated rings. The van der Waals surface area contributed by atoms with Gasteiger partial charge in [-0.1, -0.05) is 24.3 Å². The van der Waals surface area contributed by atoms with E-state index in [1.165, 1.54) is 18.3 Å². The second-order valence-corrected chi connectivity index (χ2v) is 6.51. The monoisotopic (exact) mass is 367 g/mol. The van der Waals surface area contributed by atoms with Gasteiger partial charge < -0.3 is 14.9 Å². The first-order valence-corrected chi connectivity index (χ1v) is 8.76. The Balaban J connectivity index is 1.56. The number of nitrogens with zero attached hydrogens (tertiary/aromatic N) is 3. The Morgan fingerprint density at radius 2 is 1.67 bits per heavy atom. The Labute approximate surface area is 157 Å². The van der Waals surface area contributed by atoms with Crippen LogP contribution in [0.15, 0.2) is 42.6 Å². The summed E-state index contributed by atoms with van der Waals surface area (Å²) in [4.78, 5) is 43.1. The number of piperazine rings is 1. The zero-order valence-corrected chi connectivity index (χ0v) is 15.1. The molecule has 0 bridgehead atoms. The number of rotatable bonds is 4. The summed E-state index contributed by atoms with van der Waals surface area (Å²) in [6, 6.07) is 10.6. The minimum Gasteiger partial charge on any atom is -0.477 e. The van der Waals surface area contributed by atoms with Gasteiger partial charge in [0.15, 0.2) is 0 Å². The molecule has 7 nitrogen and oxygen atoms in total. The van der Waals surface area contributed by atoms with Crippen LogP contribution in [-0.4, -0.2) is 63.9 Å². The van der Waals surface area contributed by atoms with E-state index in [0.29, 0.717) is 38.2 Å². The van der Waals surface area contributed by atoms with Gasteiger partial charge in [0.2, 0.25) is 5.91 Å². The van der Waals surface area contributed by atoms with Gasteiger partial charge >= 0.3 is 5.97 Å². The molecule has 1 N–H and O–H groups in total. The number of carboxylic acid groups (broad SMARTS) is 1. The van der Waals surface area contributed by atoms with Crippen LogP contribution < -0.4 is 0 Å². The number of amides is 2. The number of pyridine rings is 1. The first-order chi connectivity index (χ1) is 13.0. The average Bonchev–Trinajstić information content (AvgIpc) is 2.69. The normalized spacial score (nSPS) is 14.1. The largest absolute Gasteiger partial charge is 0.477 e. The van der Waals surface area contributed by atoms with Gasteiger partial charge in [-0.3, -0.25) is 9.59 Å². The van der Waals surface area contributed by atoms with Crippen LogP contribution >= 0.6 is 0 Å². The predicted octanol–water partition coefficient (Wildman–Crippen LogP) is 1.62. The molecule has 1 aromatic heterocycles. The zero-order valence-electron chi connectivity index (χ0n) is 15.1. The second-order valence-electron chi connectivity index (χ2n) is 6.51. The zero-order chi connectivity index (χ0) is 19.4. The molecule has 1 aliphatic heterocycles. The molecule has 2 aromatic rings. The predicted molar refractivity (Wildman–Crippen MR) is 98.6 cm³/mol. The Hall–Kier alpha value is -3.22. The Morgan fingerprint density at radius 1 is 1.00 bits per heavy atom. The van der Waals surface area contributed by atoms with Gasteiger partial charge in [-0.05, 0) is 30.2 Å². The minimum absolute atomic E-state index is 0.0591. The van der Waals surface area contributed by atoms with Crippen molar-refractivity contribution in [2.45, 2.75) is 13.3 Å². The summed E-state index contributed by atoms with van der Waals surface area (Å²) < 4.78 is 0. The van der Waals surface area contributed by atoms with Crippen LogP contribution in [0.25, 0.3) is 0 Å². The summed E-state index contributed by atoms with van der Waals surface area (Å²) in [7, 11) is 0. The highest BCUT2D eigenvalue weighted by Crippen LogP contribution is 2.13. The number of aromatic nitrogens is 1. The summed E-state index contributed by atoms with van der Waals surface area (Å²) >= 11 is 0. The molecule has 1 aromatic carbocycles. The lowest BCUT2D eigenvalue weighted by Gasteiger charge is -2.35. The van der Waals surface area contributed by atoms with E-state index in [-0.39, 0.29) is 17.5 Å². The van der Waals surface area contributed by atoms with E-state index in [9.17, 15) is 14.4 Å². The van der Waals surface area contributed by atoms with E-state index in [1.54, 1.807) is 9.80 Å². The van der Waals surface area contributed by atoms with E-state index in [1.807, 2.05) is 31.2 Å². The third-order valence-corrected chi connectivity index (χ3v) is 4.75. The topological polar surface area (TPSA) is 90.8 Å². The van der Waals surface area contributed by atoms with Gasteiger partial charge in [0.05, 0.1) is 12.0 Å². The van der Waals surface area contributed by atoms with Crippen LogP contribution in [0.2, 0.25) is 0 Å². The second kappa shape index (κ2) is 7.99. The molecule has 140 valence electrons. The molecule has 3 rings (SSSR count). The van der Waals surface area contributed by atoms with Crippen molar-refractivity contribution in [1.29, 1.82) is 0 Å². The van der Waals surface area contributed by atoms with E-state index < -0.39 is 5.97 Å². The Kier molecular flexibility index (Phi) is 5.49. The molecule has 2 heterocycles. The summed E-state index contributed by atoms with van der Waals surface area (Å²) in [5, 5.41) is 8.87. The van der Waals surface area contributed by atoms with Crippen molar-refractivity contribution in [1.82, 2.24) is 14.8 Å². The van der Waals surface area contributed by atoms with Gasteiger partial charge in [-0.15, -0.1) is 0 Å². The van der Waals surface area contributed by atoms with Crippen molar-refractivity contribution in [3.8, 4) is 0 Å². The summed E-state index contributed by atoms with van der Waals surface area (Å²) in [5.41, 5.74) is 2.36. The number of hydrogen-bond donors (Lipinski definition) is 1. The van der Waals surface area contributed by atoms with Crippen molar-refractivity contribution in [2.75, 3.05) is 26.2 Å². The summed E-state index contributed by atoms with van der Waals surface area (Å²) in [6.07, 6.45) is 1.64. The molecule has 0 atom stereocenters. The van der Waals surface area contributed by atoms with Crippen molar-refractivity contribution in [2.24, 2.45) is 0 Å². The highest BCUT2D eigenvalue weighted by molar-refractivity contribution is 5.95. The van der Waals surface area contributed by atoms with Crippen molar-refractivity contribution in [3.05, 3.63) is 65.0 Å². The highest BCUT2D eigenvalue weighted by Gasteiger charge is 2.25. The lowest BCUT2D eigenvalue weighted by molar-refractivity contribution is -0.131. The van der Waals surface area contributed by atoms with Crippen LogP contribution in [0, 0.1) is 6.92 Å². The van der Waals surface area contributed by atoms with E-state index >= 15 is 0 Å². The van der Waals surface area contributed by atoms with Gasteiger partial charge in [0.1, 0.15) is 5.69 Å². The molecule has 0 unspecified atom stereocenters. The number of carbonyl (C=O) groups excluding carboxylic acids is 2. The fourth-order valence-electron chi connectivity index (χ4n) is 3.07. The van der Waals surface area contributed by atoms with Crippen molar-refractivity contribution >= 4 is 17.8 Å². The van der Waals surface area contributed by atoms with Crippen molar-refractivity contribution < 1.29 is 19.5 Å². The van der Waals surface area contributed by atoms with Crippen LogP contribution in [0.4, 0.5) is 0 Å². The third-order valence-electron chi connectivity index (χ3n) is 4.75. The highest BCUT2D eigenvalue weighted by atomic mass is 16.4. The molecule has 0 aliphatic carbocycles. The SMILES string of the molecule is Cc1ccccc1CC(=O)N1CCN(C(=O)c2ccc(C(=O)O)nc2)CC1. The van der Waals surface area contributed by atoms with Gasteiger partial charge in [-0.2, -0.15) is 0 Å². The first kappa shape index (κ1) is 18.6. The van der Waals surface area contributed by atoms with Crippen LogP contribution in [-0.2, 0) is 11.2 Å². The molecular weight excluding hydrogens is 346 g/mol. The number of benzene rings is 1. The standard InChI is InChI=1S/C20H21N3O4/c1-14-4-2-3-5-15(14)12-18(24)22-8-10-23(11-9-22)19(25)16-6-7-17(20(26)27)21-13-16/h2-7,13H,8-12H2,1H3,(H,26,27).